The Morgan fingerprint density at radius 1 is 1.24 bits per heavy atom. The van der Waals surface area contributed by atoms with Gasteiger partial charge in [-0.25, -0.2) is 9.37 Å². The first-order valence-corrected chi connectivity index (χ1v) is 6.69. The van der Waals surface area contributed by atoms with Gasteiger partial charge in [0.2, 0.25) is 11.7 Å². The molecule has 1 aromatic carbocycles. The number of aromatic nitrogens is 2. The van der Waals surface area contributed by atoms with E-state index in [9.17, 15) is 8.78 Å². The van der Waals surface area contributed by atoms with Crippen molar-refractivity contribution >= 4 is 0 Å². The van der Waals surface area contributed by atoms with E-state index in [-0.39, 0.29) is 11.6 Å². The van der Waals surface area contributed by atoms with Crippen molar-refractivity contribution in [2.45, 2.75) is 20.4 Å². The maximum Gasteiger partial charge on any atom is 0.238 e. The van der Waals surface area contributed by atoms with Gasteiger partial charge >= 0.3 is 0 Å². The van der Waals surface area contributed by atoms with E-state index in [0.717, 1.165) is 12.6 Å². The zero-order valence-corrected chi connectivity index (χ0v) is 11.9. The quantitative estimate of drug-likeness (QED) is 0.887. The van der Waals surface area contributed by atoms with Gasteiger partial charge in [-0.05, 0) is 24.6 Å². The molecule has 1 aromatic heterocycles. The molecule has 1 N–H and O–H groups in total. The number of halogens is 2. The first-order chi connectivity index (χ1) is 10.1. The summed E-state index contributed by atoms with van der Waals surface area (Å²) in [4.78, 5) is 8.19. The molecule has 0 atom stereocenters. The standard InChI is InChI=1S/C15H17F2N3O/c1-10(2)6-18-7-11-8-19-9-14(20-11)21-13-5-3-4-12(16)15(13)17/h3-5,8-10,18H,6-7H2,1-2H3. The molecule has 0 bridgehead atoms. The summed E-state index contributed by atoms with van der Waals surface area (Å²) in [5.41, 5.74) is 0.671. The van der Waals surface area contributed by atoms with Gasteiger partial charge in [0.25, 0.3) is 0 Å². The van der Waals surface area contributed by atoms with Crippen molar-refractivity contribution in [3.8, 4) is 11.6 Å². The molecule has 21 heavy (non-hydrogen) atoms. The molecule has 0 aliphatic rings. The van der Waals surface area contributed by atoms with Crippen LogP contribution in [0.25, 0.3) is 0 Å². The summed E-state index contributed by atoms with van der Waals surface area (Å²) in [5.74, 6) is -1.56. The highest BCUT2D eigenvalue weighted by molar-refractivity contribution is 5.28. The molecular formula is C15H17F2N3O. The summed E-state index contributed by atoms with van der Waals surface area (Å²) in [5, 5.41) is 3.22. The summed E-state index contributed by atoms with van der Waals surface area (Å²) < 4.78 is 31.9. The fraction of sp³-hybridized carbons (Fsp3) is 0.333. The molecule has 0 amide bonds. The molecule has 0 saturated heterocycles. The van der Waals surface area contributed by atoms with Crippen molar-refractivity contribution in [3.63, 3.8) is 0 Å². The third-order valence-corrected chi connectivity index (χ3v) is 2.65. The van der Waals surface area contributed by atoms with Crippen LogP contribution < -0.4 is 10.1 Å². The van der Waals surface area contributed by atoms with Gasteiger partial charge in [0.1, 0.15) is 0 Å². The normalized spacial score (nSPS) is 10.9. The molecule has 0 spiro atoms. The Morgan fingerprint density at radius 2 is 2.05 bits per heavy atom. The van der Waals surface area contributed by atoms with Gasteiger partial charge in [0.15, 0.2) is 11.6 Å². The number of nitrogens with one attached hydrogen (secondary N) is 1. The monoisotopic (exact) mass is 293 g/mol. The molecule has 0 aliphatic carbocycles. The van der Waals surface area contributed by atoms with Crippen LogP contribution in [0.3, 0.4) is 0 Å². The molecule has 4 nitrogen and oxygen atoms in total. The zero-order valence-electron chi connectivity index (χ0n) is 11.9. The van der Waals surface area contributed by atoms with Gasteiger partial charge in [-0.2, -0.15) is 4.39 Å². The third kappa shape index (κ3) is 4.46. The Morgan fingerprint density at radius 3 is 2.81 bits per heavy atom. The minimum absolute atomic E-state index is 0.128. The average Bonchev–Trinajstić information content (AvgIpc) is 2.44. The molecule has 6 heteroatoms. The topological polar surface area (TPSA) is 47.0 Å². The Hall–Kier alpha value is -2.08. The maximum atomic E-state index is 13.5. The average molecular weight is 293 g/mol. The Labute approximate surface area is 122 Å². The van der Waals surface area contributed by atoms with E-state index in [1.54, 1.807) is 6.20 Å². The predicted octanol–water partition coefficient (Wildman–Crippen LogP) is 3.29. The lowest BCUT2D eigenvalue weighted by Crippen LogP contribution is -2.19. The summed E-state index contributed by atoms with van der Waals surface area (Å²) in [7, 11) is 0. The molecule has 0 unspecified atom stereocenters. The molecule has 1 heterocycles. The number of ether oxygens (including phenoxy) is 1. The van der Waals surface area contributed by atoms with Crippen molar-refractivity contribution in [2.24, 2.45) is 5.92 Å². The van der Waals surface area contributed by atoms with Crippen LogP contribution in [0, 0.1) is 17.6 Å². The highest BCUT2D eigenvalue weighted by Crippen LogP contribution is 2.24. The van der Waals surface area contributed by atoms with E-state index in [2.05, 4.69) is 29.1 Å². The highest BCUT2D eigenvalue weighted by Gasteiger charge is 2.10. The summed E-state index contributed by atoms with van der Waals surface area (Å²) in [6.07, 6.45) is 2.96. The molecule has 112 valence electrons. The fourth-order valence-corrected chi connectivity index (χ4v) is 1.69. The second-order valence-electron chi connectivity index (χ2n) is 5.03. The molecule has 0 saturated carbocycles. The Bertz CT molecular complexity index is 605. The first-order valence-electron chi connectivity index (χ1n) is 6.69. The fourth-order valence-electron chi connectivity index (χ4n) is 1.69. The van der Waals surface area contributed by atoms with Gasteiger partial charge in [0.05, 0.1) is 11.9 Å². The maximum absolute atomic E-state index is 13.5. The van der Waals surface area contributed by atoms with Crippen molar-refractivity contribution in [1.82, 2.24) is 15.3 Å². The summed E-state index contributed by atoms with van der Waals surface area (Å²) in [6, 6.07) is 3.74. The molecule has 2 aromatic rings. The van der Waals surface area contributed by atoms with Gasteiger partial charge in [0, 0.05) is 12.7 Å². The van der Waals surface area contributed by atoms with Crippen LogP contribution in [0.15, 0.2) is 30.6 Å². The number of hydrogen-bond acceptors (Lipinski definition) is 4. The Balaban J connectivity index is 2.05. The van der Waals surface area contributed by atoms with Crippen LogP contribution in [0.2, 0.25) is 0 Å². The van der Waals surface area contributed by atoms with Crippen LogP contribution >= 0.6 is 0 Å². The van der Waals surface area contributed by atoms with Gasteiger partial charge in [-0.1, -0.05) is 19.9 Å². The van der Waals surface area contributed by atoms with Crippen LogP contribution in [0.1, 0.15) is 19.5 Å². The van der Waals surface area contributed by atoms with Crippen LogP contribution in [-0.2, 0) is 6.54 Å². The second-order valence-corrected chi connectivity index (χ2v) is 5.03. The van der Waals surface area contributed by atoms with Gasteiger partial charge in [-0.3, -0.25) is 4.98 Å². The minimum Gasteiger partial charge on any atom is -0.434 e. The van der Waals surface area contributed by atoms with E-state index >= 15 is 0 Å². The van der Waals surface area contributed by atoms with Gasteiger partial charge in [-0.15, -0.1) is 0 Å². The van der Waals surface area contributed by atoms with Crippen molar-refractivity contribution in [1.29, 1.82) is 0 Å². The van der Waals surface area contributed by atoms with Crippen LogP contribution in [-0.4, -0.2) is 16.5 Å². The number of hydrogen-bond donors (Lipinski definition) is 1. The highest BCUT2D eigenvalue weighted by atomic mass is 19.2. The lowest BCUT2D eigenvalue weighted by atomic mass is 10.2. The Kier molecular flexibility index (Phi) is 5.16. The molecule has 0 aliphatic heterocycles. The summed E-state index contributed by atoms with van der Waals surface area (Å²) >= 11 is 0. The van der Waals surface area contributed by atoms with E-state index < -0.39 is 11.6 Å². The van der Waals surface area contributed by atoms with E-state index in [1.165, 1.54) is 18.3 Å². The minimum atomic E-state index is -1.04. The van der Waals surface area contributed by atoms with E-state index in [1.807, 2.05) is 0 Å². The number of rotatable bonds is 6. The first kappa shape index (κ1) is 15.3. The molecular weight excluding hydrogens is 276 g/mol. The van der Waals surface area contributed by atoms with E-state index in [0.29, 0.717) is 18.2 Å². The lowest BCUT2D eigenvalue weighted by molar-refractivity contribution is 0.402. The van der Waals surface area contributed by atoms with E-state index in [4.69, 9.17) is 4.74 Å². The predicted molar refractivity (Wildman–Crippen MR) is 75.0 cm³/mol. The van der Waals surface area contributed by atoms with Crippen molar-refractivity contribution < 1.29 is 13.5 Å². The van der Waals surface area contributed by atoms with Gasteiger partial charge < -0.3 is 10.1 Å². The van der Waals surface area contributed by atoms with Crippen molar-refractivity contribution in [3.05, 3.63) is 47.9 Å². The molecule has 2 rings (SSSR count). The summed E-state index contributed by atoms with van der Waals surface area (Å²) in [6.45, 7) is 5.59. The number of nitrogens with zero attached hydrogens (tertiary/aromatic N) is 2. The lowest BCUT2D eigenvalue weighted by Gasteiger charge is -2.09. The molecule has 0 fully saturated rings. The molecule has 0 radical (unpaired) electrons. The SMILES string of the molecule is CC(C)CNCc1cncc(Oc2cccc(F)c2F)n1. The third-order valence-electron chi connectivity index (χ3n) is 2.65. The zero-order chi connectivity index (χ0) is 15.2. The second kappa shape index (κ2) is 7.08. The number of benzene rings is 1. The smallest absolute Gasteiger partial charge is 0.238 e. The van der Waals surface area contributed by atoms with Crippen LogP contribution in [0.4, 0.5) is 8.78 Å². The largest absolute Gasteiger partial charge is 0.434 e. The van der Waals surface area contributed by atoms with Crippen LogP contribution in [0.5, 0.6) is 11.6 Å². The van der Waals surface area contributed by atoms with Crippen molar-refractivity contribution in [2.75, 3.05) is 6.54 Å².